The molecule has 2 heterocycles. The molecule has 0 saturated heterocycles. The fourth-order valence-corrected chi connectivity index (χ4v) is 3.53. The van der Waals surface area contributed by atoms with E-state index in [1.165, 1.54) is 11.3 Å². The van der Waals surface area contributed by atoms with Crippen LogP contribution in [-0.2, 0) is 0 Å². The molecule has 4 aromatic rings. The smallest absolute Gasteiger partial charge is 0.175 e. The average Bonchev–Trinajstić information content (AvgIpc) is 3.30. The topological polar surface area (TPSA) is 47.8 Å². The largest absolute Gasteiger partial charge is 0.293 e. The average molecular weight is 333 g/mol. The van der Waals surface area contributed by atoms with Crippen molar-refractivity contribution >= 4 is 28.2 Å². The Bertz CT molecular complexity index is 961. The predicted molar refractivity (Wildman–Crippen MR) is 95.4 cm³/mol. The first-order chi connectivity index (χ1) is 11.8. The van der Waals surface area contributed by atoms with Crippen LogP contribution in [0.4, 0.5) is 0 Å². The summed E-state index contributed by atoms with van der Waals surface area (Å²) in [5.74, 6) is 0.124. The molecule has 2 aromatic heterocycles. The van der Waals surface area contributed by atoms with E-state index in [-0.39, 0.29) is 11.8 Å². The lowest BCUT2D eigenvalue weighted by Gasteiger charge is -2.17. The molecule has 0 bridgehead atoms. The first-order valence-corrected chi connectivity index (χ1v) is 8.62. The summed E-state index contributed by atoms with van der Waals surface area (Å²) in [4.78, 5) is 13.4. The van der Waals surface area contributed by atoms with Crippen LogP contribution >= 0.6 is 11.3 Å². The number of hydrogen-bond donors (Lipinski definition) is 0. The van der Waals surface area contributed by atoms with Gasteiger partial charge in [-0.15, -0.1) is 16.4 Å². The Morgan fingerprint density at radius 3 is 2.58 bits per heavy atom. The molecule has 4 rings (SSSR count). The van der Waals surface area contributed by atoms with Crippen molar-refractivity contribution in [3.05, 3.63) is 82.6 Å². The highest BCUT2D eigenvalue weighted by atomic mass is 32.1. The van der Waals surface area contributed by atoms with Gasteiger partial charge in [0.1, 0.15) is 5.52 Å². The molecule has 0 fully saturated rings. The van der Waals surface area contributed by atoms with Crippen LogP contribution in [0, 0.1) is 0 Å². The molecule has 4 nitrogen and oxygen atoms in total. The third-order valence-electron chi connectivity index (χ3n) is 4.03. The fraction of sp³-hybridized carbons (Fsp3) is 0.105. The summed E-state index contributed by atoms with van der Waals surface area (Å²) < 4.78 is 1.86. The maximum atomic E-state index is 12.7. The highest BCUT2D eigenvalue weighted by Crippen LogP contribution is 2.27. The van der Waals surface area contributed by atoms with Crippen molar-refractivity contribution in [3.8, 4) is 0 Å². The summed E-state index contributed by atoms with van der Waals surface area (Å²) in [6.07, 6.45) is 0.359. The Balaban J connectivity index is 1.77. The number of ketones is 1. The van der Waals surface area contributed by atoms with Crippen LogP contribution < -0.4 is 0 Å². The van der Waals surface area contributed by atoms with E-state index in [1.807, 2.05) is 76.8 Å². The van der Waals surface area contributed by atoms with E-state index < -0.39 is 0 Å². The van der Waals surface area contributed by atoms with Crippen LogP contribution in [0.1, 0.15) is 27.7 Å². The van der Waals surface area contributed by atoms with Crippen LogP contribution in [0.2, 0.25) is 0 Å². The summed E-state index contributed by atoms with van der Waals surface area (Å²) >= 11 is 1.47. The lowest BCUT2D eigenvalue weighted by atomic mass is 10.0. The second-order valence-corrected chi connectivity index (χ2v) is 6.50. The fourth-order valence-electron chi connectivity index (χ4n) is 2.85. The van der Waals surface area contributed by atoms with E-state index in [1.54, 1.807) is 0 Å². The molecule has 118 valence electrons. The van der Waals surface area contributed by atoms with Gasteiger partial charge >= 0.3 is 0 Å². The van der Waals surface area contributed by atoms with Crippen molar-refractivity contribution in [2.45, 2.75) is 12.5 Å². The molecule has 1 unspecified atom stereocenters. The third-order valence-corrected chi connectivity index (χ3v) is 4.94. The monoisotopic (exact) mass is 333 g/mol. The van der Waals surface area contributed by atoms with E-state index in [9.17, 15) is 4.79 Å². The van der Waals surface area contributed by atoms with E-state index >= 15 is 0 Å². The molecule has 0 N–H and O–H groups in total. The van der Waals surface area contributed by atoms with Crippen molar-refractivity contribution in [1.29, 1.82) is 0 Å². The zero-order valence-electron chi connectivity index (χ0n) is 12.9. The number of rotatable bonds is 5. The van der Waals surface area contributed by atoms with Crippen molar-refractivity contribution < 1.29 is 4.79 Å². The van der Waals surface area contributed by atoms with Crippen LogP contribution in [0.15, 0.2) is 72.1 Å². The summed E-state index contributed by atoms with van der Waals surface area (Å²) in [6, 6.07) is 21.4. The number of aromatic nitrogens is 3. The van der Waals surface area contributed by atoms with E-state index in [0.717, 1.165) is 21.5 Å². The molecular formula is C19H15N3OS. The molecule has 2 aromatic carbocycles. The molecule has 0 saturated carbocycles. The zero-order chi connectivity index (χ0) is 16.4. The van der Waals surface area contributed by atoms with E-state index in [2.05, 4.69) is 10.3 Å². The number of fused-ring (bicyclic) bond motifs is 1. The first kappa shape index (κ1) is 14.8. The van der Waals surface area contributed by atoms with Gasteiger partial charge in [0.2, 0.25) is 0 Å². The number of nitrogens with zero attached hydrogens (tertiary/aromatic N) is 3. The minimum atomic E-state index is -0.173. The van der Waals surface area contributed by atoms with Gasteiger partial charge in [0.05, 0.1) is 16.4 Å². The minimum absolute atomic E-state index is 0.124. The normalized spacial score (nSPS) is 12.3. The lowest BCUT2D eigenvalue weighted by Crippen LogP contribution is -2.16. The molecule has 0 radical (unpaired) electrons. The first-order valence-electron chi connectivity index (χ1n) is 7.74. The van der Waals surface area contributed by atoms with Gasteiger partial charge in [-0.3, -0.25) is 4.79 Å². The van der Waals surface area contributed by atoms with Crippen molar-refractivity contribution in [3.63, 3.8) is 0 Å². The van der Waals surface area contributed by atoms with Crippen molar-refractivity contribution in [2.75, 3.05) is 0 Å². The molecule has 0 aliphatic heterocycles. The number of Topliss-reactive ketones (excluding diaryl/α,β-unsaturated/α-hetero) is 1. The Morgan fingerprint density at radius 2 is 1.79 bits per heavy atom. The lowest BCUT2D eigenvalue weighted by molar-refractivity contribution is 0.0972. The van der Waals surface area contributed by atoms with E-state index in [4.69, 9.17) is 0 Å². The van der Waals surface area contributed by atoms with Crippen molar-refractivity contribution in [1.82, 2.24) is 15.0 Å². The molecule has 0 aliphatic carbocycles. The van der Waals surface area contributed by atoms with Crippen LogP contribution in [0.25, 0.3) is 11.0 Å². The van der Waals surface area contributed by atoms with Gasteiger partial charge in [-0.05, 0) is 29.1 Å². The van der Waals surface area contributed by atoms with Gasteiger partial charge in [-0.25, -0.2) is 4.68 Å². The quantitative estimate of drug-likeness (QED) is 0.510. The molecule has 0 spiro atoms. The molecule has 0 amide bonds. The Morgan fingerprint density at radius 1 is 1.00 bits per heavy atom. The molecule has 5 heteroatoms. The number of thiophene rings is 1. The molecule has 1 atom stereocenters. The third kappa shape index (κ3) is 2.74. The second-order valence-electron chi connectivity index (χ2n) is 5.55. The number of para-hydroxylation sites is 1. The number of hydrogen-bond acceptors (Lipinski definition) is 4. The van der Waals surface area contributed by atoms with Gasteiger partial charge in [-0.1, -0.05) is 53.7 Å². The Kier molecular flexibility index (Phi) is 3.92. The predicted octanol–water partition coefficient (Wildman–Crippen LogP) is 4.36. The highest BCUT2D eigenvalue weighted by molar-refractivity contribution is 7.12. The highest BCUT2D eigenvalue weighted by Gasteiger charge is 2.22. The van der Waals surface area contributed by atoms with Gasteiger partial charge < -0.3 is 0 Å². The van der Waals surface area contributed by atoms with Gasteiger partial charge in [0, 0.05) is 6.42 Å². The summed E-state index contributed by atoms with van der Waals surface area (Å²) in [6.45, 7) is 0. The van der Waals surface area contributed by atoms with Gasteiger partial charge in [-0.2, -0.15) is 0 Å². The molecule has 0 aliphatic rings. The Hall–Kier alpha value is -2.79. The van der Waals surface area contributed by atoms with Crippen LogP contribution in [-0.4, -0.2) is 20.8 Å². The SMILES string of the molecule is O=C(CC(c1ccccc1)n1nnc2ccccc21)c1cccs1. The van der Waals surface area contributed by atoms with Crippen LogP contribution in [0.3, 0.4) is 0 Å². The molecule has 24 heavy (non-hydrogen) atoms. The summed E-state index contributed by atoms with van der Waals surface area (Å²) in [7, 11) is 0. The van der Waals surface area contributed by atoms with Gasteiger partial charge in [0.15, 0.2) is 5.78 Å². The van der Waals surface area contributed by atoms with E-state index in [0.29, 0.717) is 6.42 Å². The molecular weight excluding hydrogens is 318 g/mol. The standard InChI is InChI=1S/C19H15N3OS/c23-18(19-11-6-12-24-19)13-17(14-7-2-1-3-8-14)22-16-10-5-4-9-15(16)20-21-22/h1-12,17H,13H2. The van der Waals surface area contributed by atoms with Crippen LogP contribution in [0.5, 0.6) is 0 Å². The second kappa shape index (κ2) is 6.37. The number of carbonyl (C=O) groups is 1. The maximum Gasteiger partial charge on any atom is 0.175 e. The van der Waals surface area contributed by atoms with Crippen molar-refractivity contribution in [2.24, 2.45) is 0 Å². The Labute approximate surface area is 143 Å². The minimum Gasteiger partial charge on any atom is -0.293 e. The number of carbonyl (C=O) groups excluding carboxylic acids is 1. The zero-order valence-corrected chi connectivity index (χ0v) is 13.7. The van der Waals surface area contributed by atoms with Gasteiger partial charge in [0.25, 0.3) is 0 Å². The number of benzene rings is 2. The summed E-state index contributed by atoms with van der Waals surface area (Å²) in [5.41, 5.74) is 2.82. The summed E-state index contributed by atoms with van der Waals surface area (Å²) in [5, 5.41) is 10.5. The maximum absolute atomic E-state index is 12.7.